The number of aromatic nitrogens is 2. The van der Waals surface area contributed by atoms with Crippen molar-refractivity contribution in [2.75, 3.05) is 20.3 Å². The number of likely N-dealkylation sites (tertiary alicyclic amines) is 1. The number of imidazole rings is 1. The van der Waals surface area contributed by atoms with Crippen LogP contribution in [0.4, 0.5) is 13.2 Å². The summed E-state index contributed by atoms with van der Waals surface area (Å²) in [7, 11) is 1.62. The minimum absolute atomic E-state index is 0.0465. The topological polar surface area (TPSA) is 67.6 Å². The highest BCUT2D eigenvalue weighted by atomic mass is 19.2. The molecule has 2 heterocycles. The first-order valence-electron chi connectivity index (χ1n) is 12.0. The molecule has 5 rings (SSSR count). The molecule has 1 aromatic heterocycles. The van der Waals surface area contributed by atoms with Crippen LogP contribution >= 0.6 is 0 Å². The Bertz CT molecular complexity index is 1280. The highest BCUT2D eigenvalue weighted by molar-refractivity contribution is 5.85. The van der Waals surface area contributed by atoms with E-state index in [-0.39, 0.29) is 17.4 Å². The lowest BCUT2D eigenvalue weighted by molar-refractivity contribution is -0.158. The highest BCUT2D eigenvalue weighted by Crippen LogP contribution is 2.57. The Morgan fingerprint density at radius 2 is 1.92 bits per heavy atom. The molecule has 1 atom stereocenters. The van der Waals surface area contributed by atoms with Crippen molar-refractivity contribution < 1.29 is 27.8 Å². The van der Waals surface area contributed by atoms with Crippen molar-refractivity contribution in [2.24, 2.45) is 5.41 Å². The van der Waals surface area contributed by atoms with E-state index in [2.05, 4.69) is 4.98 Å². The monoisotopic (exact) mass is 499 g/mol. The summed E-state index contributed by atoms with van der Waals surface area (Å²) in [5.74, 6) is -3.50. The van der Waals surface area contributed by atoms with E-state index >= 15 is 0 Å². The van der Waals surface area contributed by atoms with Gasteiger partial charge in [-0.05, 0) is 73.9 Å². The van der Waals surface area contributed by atoms with E-state index < -0.39 is 35.5 Å². The van der Waals surface area contributed by atoms with Crippen LogP contribution in [0.25, 0.3) is 5.69 Å². The summed E-state index contributed by atoms with van der Waals surface area (Å²) in [5, 5.41) is 10.0. The average Bonchev–Trinajstić information content (AvgIpc) is 3.28. The molecule has 190 valence electrons. The molecule has 0 bridgehead atoms. The number of benzene rings is 2. The fourth-order valence-corrected chi connectivity index (χ4v) is 5.76. The van der Waals surface area contributed by atoms with Gasteiger partial charge in [0.2, 0.25) is 5.91 Å². The van der Waals surface area contributed by atoms with Gasteiger partial charge in [-0.3, -0.25) is 4.79 Å². The molecule has 1 saturated carbocycles. The second kappa shape index (κ2) is 9.28. The van der Waals surface area contributed by atoms with Crippen molar-refractivity contribution in [2.45, 2.75) is 44.6 Å². The first-order chi connectivity index (χ1) is 17.3. The quantitative estimate of drug-likeness (QED) is 0.494. The van der Waals surface area contributed by atoms with E-state index in [0.29, 0.717) is 38.0 Å². The third-order valence-electron chi connectivity index (χ3n) is 7.65. The predicted molar refractivity (Wildman–Crippen MR) is 126 cm³/mol. The number of aliphatic hydroxyl groups excluding tert-OH is 1. The zero-order chi connectivity index (χ0) is 25.6. The maximum Gasteiger partial charge on any atom is 0.229 e. The SMILES string of the molecule is COc1cc(C2CC3(CCCN(C(CO)c4cc(F)c(F)c(F)c4)C3=O)C2)ccc1-n1cnc(C)c1. The first kappa shape index (κ1) is 24.4. The molecule has 36 heavy (non-hydrogen) atoms. The number of ether oxygens (including phenoxy) is 1. The van der Waals surface area contributed by atoms with Crippen molar-refractivity contribution in [1.29, 1.82) is 0 Å². The van der Waals surface area contributed by atoms with Crippen LogP contribution in [0, 0.1) is 29.8 Å². The molecule has 2 aromatic carbocycles. The number of rotatable bonds is 6. The molecule has 3 aromatic rings. The number of aliphatic hydroxyl groups is 1. The minimum Gasteiger partial charge on any atom is -0.495 e. The van der Waals surface area contributed by atoms with Crippen molar-refractivity contribution >= 4 is 5.91 Å². The number of amides is 1. The first-order valence-corrected chi connectivity index (χ1v) is 12.0. The van der Waals surface area contributed by atoms with Crippen LogP contribution in [-0.2, 0) is 4.79 Å². The second-order valence-corrected chi connectivity index (χ2v) is 9.84. The summed E-state index contributed by atoms with van der Waals surface area (Å²) in [4.78, 5) is 19.4. The van der Waals surface area contributed by atoms with E-state index in [9.17, 15) is 23.1 Å². The van der Waals surface area contributed by atoms with Crippen LogP contribution in [-0.4, -0.2) is 45.7 Å². The summed E-state index contributed by atoms with van der Waals surface area (Å²) >= 11 is 0. The molecule has 9 heteroatoms. The lowest BCUT2D eigenvalue weighted by Crippen LogP contribution is -2.55. The van der Waals surface area contributed by atoms with Crippen LogP contribution in [0.15, 0.2) is 42.9 Å². The number of piperidine rings is 1. The number of nitrogens with zero attached hydrogens (tertiary/aromatic N) is 3. The van der Waals surface area contributed by atoms with Gasteiger partial charge in [0, 0.05) is 12.7 Å². The second-order valence-electron chi connectivity index (χ2n) is 9.84. The number of hydrogen-bond donors (Lipinski definition) is 1. The summed E-state index contributed by atoms with van der Waals surface area (Å²) in [6.45, 7) is 1.77. The third-order valence-corrected chi connectivity index (χ3v) is 7.65. The Labute approximate surface area is 207 Å². The van der Waals surface area contributed by atoms with Crippen LogP contribution in [0.5, 0.6) is 5.75 Å². The van der Waals surface area contributed by atoms with Gasteiger partial charge in [-0.25, -0.2) is 18.2 Å². The van der Waals surface area contributed by atoms with Crippen molar-refractivity contribution in [1.82, 2.24) is 14.5 Å². The van der Waals surface area contributed by atoms with Gasteiger partial charge in [0.15, 0.2) is 17.5 Å². The van der Waals surface area contributed by atoms with Crippen LogP contribution < -0.4 is 4.74 Å². The normalized spacial score (nSPS) is 22.6. The molecule has 1 aliphatic heterocycles. The van der Waals surface area contributed by atoms with Crippen molar-refractivity contribution in [3.05, 3.63) is 77.1 Å². The largest absolute Gasteiger partial charge is 0.495 e. The highest BCUT2D eigenvalue weighted by Gasteiger charge is 2.54. The zero-order valence-electron chi connectivity index (χ0n) is 20.2. The van der Waals surface area contributed by atoms with Gasteiger partial charge in [-0.15, -0.1) is 0 Å². The molecule has 6 nitrogen and oxygen atoms in total. The van der Waals surface area contributed by atoms with Crippen molar-refractivity contribution in [3.63, 3.8) is 0 Å². The number of carbonyl (C=O) groups is 1. The van der Waals surface area contributed by atoms with Crippen LogP contribution in [0.3, 0.4) is 0 Å². The smallest absolute Gasteiger partial charge is 0.229 e. The Hall–Kier alpha value is -3.33. The van der Waals surface area contributed by atoms with Gasteiger partial charge in [0.25, 0.3) is 0 Å². The molecule has 1 saturated heterocycles. The molecule has 1 unspecified atom stereocenters. The molecule has 1 N–H and O–H groups in total. The molecule has 2 fully saturated rings. The average molecular weight is 500 g/mol. The van der Waals surface area contributed by atoms with E-state index in [1.807, 2.05) is 35.9 Å². The van der Waals surface area contributed by atoms with E-state index in [0.717, 1.165) is 29.1 Å². The standard InChI is InChI=1S/C27H28F3N3O3/c1-16-13-32(15-31-16)22-5-4-17(10-24(22)36-2)19-11-27(12-19)6-3-7-33(26(27)35)23(14-34)18-8-20(28)25(30)21(29)9-18/h4-5,8-10,13,15,19,23,34H,3,6-7,11-12,14H2,1-2H3. The number of hydrogen-bond acceptors (Lipinski definition) is 4. The summed E-state index contributed by atoms with van der Waals surface area (Å²) < 4.78 is 48.7. The number of carbonyl (C=O) groups excluding carboxylic acids is 1. The van der Waals surface area contributed by atoms with E-state index in [1.165, 1.54) is 4.90 Å². The number of halogens is 3. The number of methoxy groups -OCH3 is 1. The molecule has 1 spiro atoms. The predicted octanol–water partition coefficient (Wildman–Crippen LogP) is 4.83. The Kier molecular flexibility index (Phi) is 6.28. The minimum atomic E-state index is -1.57. The van der Waals surface area contributed by atoms with Gasteiger partial charge in [0.05, 0.1) is 42.9 Å². The fraction of sp³-hybridized carbons (Fsp3) is 0.407. The Balaban J connectivity index is 1.35. The summed E-state index contributed by atoms with van der Waals surface area (Å²) in [6.07, 6.45) is 6.35. The van der Waals surface area contributed by atoms with Gasteiger partial charge in [-0.2, -0.15) is 0 Å². The van der Waals surface area contributed by atoms with E-state index in [4.69, 9.17) is 4.74 Å². The van der Waals surface area contributed by atoms with Gasteiger partial charge < -0.3 is 19.3 Å². The molecule has 1 amide bonds. The molecule has 2 aliphatic rings. The lowest BCUT2D eigenvalue weighted by atomic mass is 9.56. The number of aryl methyl sites for hydroxylation is 1. The van der Waals surface area contributed by atoms with Gasteiger partial charge in [-0.1, -0.05) is 6.07 Å². The zero-order valence-corrected chi connectivity index (χ0v) is 20.2. The molecule has 1 aliphatic carbocycles. The summed E-state index contributed by atoms with van der Waals surface area (Å²) in [6, 6.07) is 6.79. The van der Waals surface area contributed by atoms with Gasteiger partial charge >= 0.3 is 0 Å². The fourth-order valence-electron chi connectivity index (χ4n) is 5.76. The molecule has 0 radical (unpaired) electrons. The van der Waals surface area contributed by atoms with Gasteiger partial charge in [0.1, 0.15) is 5.75 Å². The van der Waals surface area contributed by atoms with Crippen LogP contribution in [0.1, 0.15) is 54.5 Å². The molecular weight excluding hydrogens is 471 g/mol. The Morgan fingerprint density at radius 1 is 1.19 bits per heavy atom. The maximum atomic E-state index is 13.9. The lowest BCUT2D eigenvalue weighted by Gasteiger charge is -2.53. The third kappa shape index (κ3) is 4.05. The van der Waals surface area contributed by atoms with E-state index in [1.54, 1.807) is 13.4 Å². The van der Waals surface area contributed by atoms with Crippen LogP contribution in [0.2, 0.25) is 0 Å². The maximum absolute atomic E-state index is 13.9. The molecular formula is C27H28F3N3O3. The van der Waals surface area contributed by atoms with Crippen molar-refractivity contribution in [3.8, 4) is 11.4 Å². The Morgan fingerprint density at radius 3 is 2.53 bits per heavy atom. The summed E-state index contributed by atoms with van der Waals surface area (Å²) in [5.41, 5.74) is 2.31.